The van der Waals surface area contributed by atoms with Gasteiger partial charge in [0.1, 0.15) is 0 Å². The number of rotatable bonds is 5. The minimum atomic E-state index is -0.0807. The van der Waals surface area contributed by atoms with Crippen LogP contribution < -0.4 is 0 Å². The first-order valence-electron chi connectivity index (χ1n) is 7.34. The molecular weight excluding hydrogens is 282 g/mol. The molecule has 1 aromatic rings. The standard InChI is InChI=1S/C16H21N3O3/c1-18(5-7-20)11-15-12-22-8-6-19(15)16(21)14-4-2-3-13(9-14)10-17/h2-4,9,15,20H,5-8,11-12H2,1H3. The summed E-state index contributed by atoms with van der Waals surface area (Å²) in [6.07, 6.45) is 0. The molecule has 1 heterocycles. The van der Waals surface area contributed by atoms with Crippen LogP contribution in [0.2, 0.25) is 0 Å². The van der Waals surface area contributed by atoms with E-state index in [1.54, 1.807) is 29.2 Å². The first-order chi connectivity index (χ1) is 10.7. The predicted molar refractivity (Wildman–Crippen MR) is 81.4 cm³/mol. The Morgan fingerprint density at radius 1 is 1.59 bits per heavy atom. The Hall–Kier alpha value is -1.94. The molecule has 1 saturated heterocycles. The molecule has 0 aliphatic carbocycles. The summed E-state index contributed by atoms with van der Waals surface area (Å²) in [4.78, 5) is 16.5. The zero-order valence-corrected chi connectivity index (χ0v) is 12.7. The second-order valence-electron chi connectivity index (χ2n) is 5.41. The Labute approximate surface area is 130 Å². The largest absolute Gasteiger partial charge is 0.395 e. The number of morpholine rings is 1. The molecule has 22 heavy (non-hydrogen) atoms. The highest BCUT2D eigenvalue weighted by Crippen LogP contribution is 2.14. The van der Waals surface area contributed by atoms with Crippen LogP contribution in [0.3, 0.4) is 0 Å². The third-order valence-corrected chi connectivity index (χ3v) is 3.73. The summed E-state index contributed by atoms with van der Waals surface area (Å²) in [5.74, 6) is -0.0807. The molecule has 1 N–H and O–H groups in total. The molecule has 1 atom stereocenters. The second-order valence-corrected chi connectivity index (χ2v) is 5.41. The van der Waals surface area contributed by atoms with Gasteiger partial charge in [0.15, 0.2) is 0 Å². The highest BCUT2D eigenvalue weighted by atomic mass is 16.5. The highest BCUT2D eigenvalue weighted by molar-refractivity contribution is 5.94. The van der Waals surface area contributed by atoms with Gasteiger partial charge in [-0.3, -0.25) is 4.79 Å². The van der Waals surface area contributed by atoms with Crippen LogP contribution in [-0.2, 0) is 4.74 Å². The van der Waals surface area contributed by atoms with E-state index in [4.69, 9.17) is 15.1 Å². The van der Waals surface area contributed by atoms with Crippen molar-refractivity contribution >= 4 is 5.91 Å². The number of nitriles is 1. The van der Waals surface area contributed by atoms with Crippen LogP contribution in [0.25, 0.3) is 0 Å². The number of hydrogen-bond donors (Lipinski definition) is 1. The van der Waals surface area contributed by atoms with Gasteiger partial charge >= 0.3 is 0 Å². The average molecular weight is 303 g/mol. The fourth-order valence-electron chi connectivity index (χ4n) is 2.58. The monoisotopic (exact) mass is 303 g/mol. The molecule has 6 heteroatoms. The molecule has 1 aromatic carbocycles. The number of amides is 1. The highest BCUT2D eigenvalue weighted by Gasteiger charge is 2.28. The Bertz CT molecular complexity index is 556. The number of nitrogens with zero attached hydrogens (tertiary/aromatic N) is 3. The summed E-state index contributed by atoms with van der Waals surface area (Å²) in [6, 6.07) is 8.75. The molecular formula is C16H21N3O3. The SMILES string of the molecule is CN(CCO)CC1COCCN1C(=O)c1cccc(C#N)c1. The van der Waals surface area contributed by atoms with Crippen molar-refractivity contribution in [3.05, 3.63) is 35.4 Å². The van der Waals surface area contributed by atoms with E-state index in [0.29, 0.717) is 44.0 Å². The van der Waals surface area contributed by atoms with Gasteiger partial charge in [0.2, 0.25) is 0 Å². The fourth-order valence-corrected chi connectivity index (χ4v) is 2.58. The maximum Gasteiger partial charge on any atom is 0.254 e. The molecule has 1 amide bonds. The normalized spacial score (nSPS) is 18.3. The number of aliphatic hydroxyl groups is 1. The Morgan fingerprint density at radius 3 is 3.14 bits per heavy atom. The van der Waals surface area contributed by atoms with Crippen LogP contribution >= 0.6 is 0 Å². The summed E-state index contributed by atoms with van der Waals surface area (Å²) >= 11 is 0. The van der Waals surface area contributed by atoms with Crippen LogP contribution in [-0.4, -0.2) is 73.4 Å². The van der Waals surface area contributed by atoms with Gasteiger partial charge in [-0.2, -0.15) is 5.26 Å². The van der Waals surface area contributed by atoms with Crippen molar-refractivity contribution in [2.45, 2.75) is 6.04 Å². The second kappa shape index (κ2) is 7.90. The van der Waals surface area contributed by atoms with Gasteiger partial charge < -0.3 is 19.6 Å². The number of hydrogen-bond acceptors (Lipinski definition) is 5. The molecule has 1 fully saturated rings. The zero-order valence-electron chi connectivity index (χ0n) is 12.7. The van der Waals surface area contributed by atoms with Crippen LogP contribution in [0, 0.1) is 11.3 Å². The van der Waals surface area contributed by atoms with Crippen molar-refractivity contribution in [2.75, 3.05) is 46.5 Å². The van der Waals surface area contributed by atoms with Crippen molar-refractivity contribution < 1.29 is 14.6 Å². The number of carbonyl (C=O) groups is 1. The number of benzene rings is 1. The third kappa shape index (κ3) is 4.04. The fraction of sp³-hybridized carbons (Fsp3) is 0.500. The minimum Gasteiger partial charge on any atom is -0.395 e. The number of likely N-dealkylation sites (N-methyl/N-ethyl adjacent to an activating group) is 1. The van der Waals surface area contributed by atoms with Gasteiger partial charge in [-0.05, 0) is 25.2 Å². The van der Waals surface area contributed by atoms with Crippen LogP contribution in [0.15, 0.2) is 24.3 Å². The molecule has 118 valence electrons. The lowest BCUT2D eigenvalue weighted by Gasteiger charge is -2.37. The van der Waals surface area contributed by atoms with E-state index in [-0.39, 0.29) is 18.6 Å². The number of ether oxygens (including phenoxy) is 1. The Kier molecular flexibility index (Phi) is 5.90. The molecule has 0 bridgehead atoms. The van der Waals surface area contributed by atoms with E-state index in [1.807, 2.05) is 11.9 Å². The maximum atomic E-state index is 12.7. The third-order valence-electron chi connectivity index (χ3n) is 3.73. The van der Waals surface area contributed by atoms with Crippen LogP contribution in [0.5, 0.6) is 0 Å². The summed E-state index contributed by atoms with van der Waals surface area (Å²) in [7, 11) is 1.91. The van der Waals surface area contributed by atoms with Crippen molar-refractivity contribution in [1.29, 1.82) is 5.26 Å². The van der Waals surface area contributed by atoms with Crippen molar-refractivity contribution in [1.82, 2.24) is 9.80 Å². The molecule has 1 aliphatic rings. The molecule has 0 radical (unpaired) electrons. The van der Waals surface area contributed by atoms with Crippen molar-refractivity contribution in [2.24, 2.45) is 0 Å². The quantitative estimate of drug-likeness (QED) is 0.848. The lowest BCUT2D eigenvalue weighted by atomic mass is 10.1. The van der Waals surface area contributed by atoms with E-state index >= 15 is 0 Å². The molecule has 0 saturated carbocycles. The van der Waals surface area contributed by atoms with E-state index in [1.165, 1.54) is 0 Å². The lowest BCUT2D eigenvalue weighted by molar-refractivity contribution is -0.0109. The van der Waals surface area contributed by atoms with Gasteiger partial charge in [-0.15, -0.1) is 0 Å². The van der Waals surface area contributed by atoms with Crippen molar-refractivity contribution in [3.63, 3.8) is 0 Å². The van der Waals surface area contributed by atoms with Crippen molar-refractivity contribution in [3.8, 4) is 6.07 Å². The van der Waals surface area contributed by atoms with Gasteiger partial charge in [0.05, 0.1) is 37.5 Å². The predicted octanol–water partition coefficient (Wildman–Crippen LogP) is 0.323. The van der Waals surface area contributed by atoms with Crippen LogP contribution in [0.1, 0.15) is 15.9 Å². The maximum absolute atomic E-state index is 12.7. The topological polar surface area (TPSA) is 76.8 Å². The number of carbonyl (C=O) groups excluding carboxylic acids is 1. The average Bonchev–Trinajstić information content (AvgIpc) is 2.55. The summed E-state index contributed by atoms with van der Waals surface area (Å²) in [5.41, 5.74) is 1.00. The van der Waals surface area contributed by atoms with Gasteiger partial charge in [0, 0.05) is 25.2 Å². The van der Waals surface area contributed by atoms with Crippen LogP contribution in [0.4, 0.5) is 0 Å². The molecule has 0 spiro atoms. The van der Waals surface area contributed by atoms with E-state index < -0.39 is 0 Å². The smallest absolute Gasteiger partial charge is 0.254 e. The first-order valence-corrected chi connectivity index (χ1v) is 7.34. The first kappa shape index (κ1) is 16.4. The molecule has 6 nitrogen and oxygen atoms in total. The lowest BCUT2D eigenvalue weighted by Crippen LogP contribution is -2.53. The molecule has 1 aliphatic heterocycles. The molecule has 2 rings (SSSR count). The van der Waals surface area contributed by atoms with E-state index in [9.17, 15) is 4.79 Å². The summed E-state index contributed by atoms with van der Waals surface area (Å²) in [5, 5.41) is 18.0. The van der Waals surface area contributed by atoms with Gasteiger partial charge in [-0.1, -0.05) is 6.07 Å². The van der Waals surface area contributed by atoms with E-state index in [2.05, 4.69) is 6.07 Å². The van der Waals surface area contributed by atoms with E-state index in [0.717, 1.165) is 0 Å². The Balaban J connectivity index is 2.12. The zero-order chi connectivity index (χ0) is 15.9. The Morgan fingerprint density at radius 2 is 2.41 bits per heavy atom. The molecule has 1 unspecified atom stereocenters. The molecule has 0 aromatic heterocycles. The van der Waals surface area contributed by atoms with Gasteiger partial charge in [0.25, 0.3) is 5.91 Å². The number of aliphatic hydroxyl groups excluding tert-OH is 1. The summed E-state index contributed by atoms with van der Waals surface area (Å²) < 4.78 is 5.49. The summed E-state index contributed by atoms with van der Waals surface area (Å²) in [6.45, 7) is 2.82. The van der Waals surface area contributed by atoms with Gasteiger partial charge in [-0.25, -0.2) is 0 Å². The minimum absolute atomic E-state index is 0.0523.